The Kier molecular flexibility index (Phi) is 2.93. The van der Waals surface area contributed by atoms with Gasteiger partial charge in [0, 0.05) is 5.69 Å². The Morgan fingerprint density at radius 3 is 2.55 bits per heavy atom. The SMILES string of the molecule is Cc1ccc(Cn2c(C)nc3[nH]c(C)cc3c2=O)cc1. The molecule has 102 valence electrons. The number of hydrogen-bond donors (Lipinski definition) is 1. The van der Waals surface area contributed by atoms with Crippen LogP contribution in [0, 0.1) is 20.8 Å². The fourth-order valence-electron chi connectivity index (χ4n) is 2.40. The molecular formula is C16H17N3O. The molecule has 20 heavy (non-hydrogen) atoms. The Balaban J connectivity index is 2.11. The minimum atomic E-state index is 0.0115. The zero-order chi connectivity index (χ0) is 14.3. The van der Waals surface area contributed by atoms with Crippen molar-refractivity contribution in [3.63, 3.8) is 0 Å². The van der Waals surface area contributed by atoms with Gasteiger partial charge in [-0.15, -0.1) is 0 Å². The summed E-state index contributed by atoms with van der Waals surface area (Å²) in [5.74, 6) is 0.727. The highest BCUT2D eigenvalue weighted by atomic mass is 16.1. The third-order valence-electron chi connectivity index (χ3n) is 3.53. The molecule has 0 fully saturated rings. The first-order valence-corrected chi connectivity index (χ1v) is 6.67. The third-order valence-corrected chi connectivity index (χ3v) is 3.53. The second kappa shape index (κ2) is 4.63. The van der Waals surface area contributed by atoms with Gasteiger partial charge < -0.3 is 4.98 Å². The van der Waals surface area contributed by atoms with Crippen molar-refractivity contribution < 1.29 is 0 Å². The zero-order valence-electron chi connectivity index (χ0n) is 11.9. The standard InChI is InChI=1S/C16H17N3O/c1-10-4-6-13(7-5-10)9-19-12(3)18-15-14(16(19)20)8-11(2)17-15/h4-8,17H,9H2,1-3H3. The van der Waals surface area contributed by atoms with Crippen molar-refractivity contribution in [2.45, 2.75) is 27.3 Å². The number of aryl methyl sites for hydroxylation is 3. The van der Waals surface area contributed by atoms with Gasteiger partial charge in [-0.3, -0.25) is 9.36 Å². The monoisotopic (exact) mass is 267 g/mol. The van der Waals surface area contributed by atoms with Crippen molar-refractivity contribution in [1.82, 2.24) is 14.5 Å². The number of H-pyrrole nitrogens is 1. The molecule has 0 aliphatic rings. The molecule has 0 aliphatic carbocycles. The number of hydrogen-bond acceptors (Lipinski definition) is 2. The quantitative estimate of drug-likeness (QED) is 0.776. The Hall–Kier alpha value is -2.36. The molecule has 0 amide bonds. The number of nitrogens with one attached hydrogen (secondary N) is 1. The average molecular weight is 267 g/mol. The lowest BCUT2D eigenvalue weighted by atomic mass is 10.1. The summed E-state index contributed by atoms with van der Waals surface area (Å²) in [4.78, 5) is 20.1. The van der Waals surface area contributed by atoms with E-state index in [1.165, 1.54) is 5.56 Å². The summed E-state index contributed by atoms with van der Waals surface area (Å²) in [6.07, 6.45) is 0. The van der Waals surface area contributed by atoms with Crippen LogP contribution in [0.25, 0.3) is 11.0 Å². The molecule has 1 aromatic carbocycles. The van der Waals surface area contributed by atoms with Crippen LogP contribution in [-0.4, -0.2) is 14.5 Å². The average Bonchev–Trinajstić information content (AvgIpc) is 2.77. The largest absolute Gasteiger partial charge is 0.343 e. The van der Waals surface area contributed by atoms with E-state index in [9.17, 15) is 4.79 Å². The van der Waals surface area contributed by atoms with E-state index < -0.39 is 0 Å². The van der Waals surface area contributed by atoms with Crippen LogP contribution < -0.4 is 5.56 Å². The molecule has 0 saturated carbocycles. The topological polar surface area (TPSA) is 50.7 Å². The van der Waals surface area contributed by atoms with Crippen LogP contribution in [0.3, 0.4) is 0 Å². The van der Waals surface area contributed by atoms with Crippen LogP contribution in [0.2, 0.25) is 0 Å². The van der Waals surface area contributed by atoms with Gasteiger partial charge in [0.15, 0.2) is 0 Å². The molecule has 2 heterocycles. The molecule has 3 rings (SSSR count). The first-order chi connectivity index (χ1) is 9.54. The summed E-state index contributed by atoms with van der Waals surface area (Å²) in [6, 6.07) is 10.1. The van der Waals surface area contributed by atoms with Gasteiger partial charge in [0.05, 0.1) is 11.9 Å². The van der Waals surface area contributed by atoms with E-state index in [4.69, 9.17) is 0 Å². The van der Waals surface area contributed by atoms with E-state index in [0.717, 1.165) is 17.1 Å². The van der Waals surface area contributed by atoms with Gasteiger partial charge in [0.1, 0.15) is 11.5 Å². The molecular weight excluding hydrogens is 250 g/mol. The highest BCUT2D eigenvalue weighted by Gasteiger charge is 2.10. The summed E-state index contributed by atoms with van der Waals surface area (Å²) >= 11 is 0. The van der Waals surface area contributed by atoms with E-state index in [1.54, 1.807) is 4.57 Å². The minimum Gasteiger partial charge on any atom is -0.343 e. The molecule has 0 aliphatic heterocycles. The van der Waals surface area contributed by atoms with Gasteiger partial charge in [-0.2, -0.15) is 0 Å². The highest BCUT2D eigenvalue weighted by Crippen LogP contribution is 2.11. The lowest BCUT2D eigenvalue weighted by Crippen LogP contribution is -2.24. The Labute approximate surface area is 117 Å². The molecule has 4 heteroatoms. The van der Waals surface area contributed by atoms with Crippen molar-refractivity contribution in [3.8, 4) is 0 Å². The maximum absolute atomic E-state index is 12.5. The predicted octanol–water partition coefficient (Wildman–Crippen LogP) is 2.70. The van der Waals surface area contributed by atoms with Crippen LogP contribution in [0.4, 0.5) is 0 Å². The Bertz CT molecular complexity index is 825. The molecule has 0 atom stereocenters. The first kappa shape index (κ1) is 12.7. The van der Waals surface area contributed by atoms with Crippen LogP contribution in [0.5, 0.6) is 0 Å². The van der Waals surface area contributed by atoms with Crippen molar-refractivity contribution >= 4 is 11.0 Å². The predicted molar refractivity (Wildman–Crippen MR) is 80.1 cm³/mol. The van der Waals surface area contributed by atoms with E-state index >= 15 is 0 Å². The maximum atomic E-state index is 12.5. The molecule has 3 aromatic rings. The highest BCUT2D eigenvalue weighted by molar-refractivity contribution is 5.75. The summed E-state index contributed by atoms with van der Waals surface area (Å²) in [5, 5.41) is 0.653. The summed E-state index contributed by atoms with van der Waals surface area (Å²) < 4.78 is 1.72. The fourth-order valence-corrected chi connectivity index (χ4v) is 2.40. The number of aromatic nitrogens is 3. The van der Waals surface area contributed by atoms with Crippen LogP contribution in [0.1, 0.15) is 22.6 Å². The molecule has 0 radical (unpaired) electrons. The number of nitrogens with zero attached hydrogens (tertiary/aromatic N) is 2. The second-order valence-corrected chi connectivity index (χ2v) is 5.25. The fraction of sp³-hybridized carbons (Fsp3) is 0.250. The normalized spacial score (nSPS) is 11.2. The summed E-state index contributed by atoms with van der Waals surface area (Å²) in [6.45, 7) is 6.40. The molecule has 0 unspecified atom stereocenters. The third kappa shape index (κ3) is 2.13. The molecule has 1 N–H and O–H groups in total. The number of fused-ring (bicyclic) bond motifs is 1. The molecule has 4 nitrogen and oxygen atoms in total. The van der Waals surface area contributed by atoms with Crippen molar-refractivity contribution in [2.75, 3.05) is 0 Å². The van der Waals surface area contributed by atoms with Crippen LogP contribution in [-0.2, 0) is 6.54 Å². The van der Waals surface area contributed by atoms with Crippen LogP contribution in [0.15, 0.2) is 35.1 Å². The summed E-state index contributed by atoms with van der Waals surface area (Å²) in [7, 11) is 0. The maximum Gasteiger partial charge on any atom is 0.263 e. The van der Waals surface area contributed by atoms with Gasteiger partial charge in [0.2, 0.25) is 0 Å². The lowest BCUT2D eigenvalue weighted by Gasteiger charge is -2.09. The summed E-state index contributed by atoms with van der Waals surface area (Å²) in [5.41, 5.74) is 3.96. The molecule has 0 bridgehead atoms. The first-order valence-electron chi connectivity index (χ1n) is 6.67. The van der Waals surface area contributed by atoms with Gasteiger partial charge in [-0.05, 0) is 32.4 Å². The van der Waals surface area contributed by atoms with Gasteiger partial charge in [0.25, 0.3) is 5.56 Å². The van der Waals surface area contributed by atoms with E-state index in [1.807, 2.05) is 32.0 Å². The Morgan fingerprint density at radius 2 is 1.85 bits per heavy atom. The lowest BCUT2D eigenvalue weighted by molar-refractivity contribution is 0.712. The van der Waals surface area contributed by atoms with Crippen molar-refractivity contribution in [3.05, 3.63) is 63.3 Å². The number of benzene rings is 1. The smallest absolute Gasteiger partial charge is 0.263 e. The van der Waals surface area contributed by atoms with E-state index in [2.05, 4.69) is 29.0 Å². The zero-order valence-corrected chi connectivity index (χ0v) is 11.9. The van der Waals surface area contributed by atoms with Gasteiger partial charge in [-0.1, -0.05) is 29.8 Å². The number of rotatable bonds is 2. The van der Waals surface area contributed by atoms with E-state index in [0.29, 0.717) is 17.6 Å². The molecule has 0 saturated heterocycles. The van der Waals surface area contributed by atoms with Gasteiger partial charge in [-0.25, -0.2) is 4.98 Å². The second-order valence-electron chi connectivity index (χ2n) is 5.25. The molecule has 0 spiro atoms. The van der Waals surface area contributed by atoms with Crippen molar-refractivity contribution in [1.29, 1.82) is 0 Å². The molecule has 2 aromatic heterocycles. The van der Waals surface area contributed by atoms with Gasteiger partial charge >= 0.3 is 0 Å². The van der Waals surface area contributed by atoms with E-state index in [-0.39, 0.29) is 5.56 Å². The Morgan fingerprint density at radius 1 is 1.15 bits per heavy atom. The van der Waals surface area contributed by atoms with Crippen molar-refractivity contribution in [2.24, 2.45) is 0 Å². The number of aromatic amines is 1. The van der Waals surface area contributed by atoms with Crippen LogP contribution >= 0.6 is 0 Å². The minimum absolute atomic E-state index is 0.0115.